The standard InChI is InChI=1S/C19H20O/c1-14-7-9-16(10-8-14)18-11-17(12-19(20)13-18)15-5-3-2-4-6-15/h2-10,17-18H,11-13H2,1H3/t17-,18-/m1/s1. The van der Waals surface area contributed by atoms with E-state index < -0.39 is 0 Å². The lowest BCUT2D eigenvalue weighted by molar-refractivity contribution is -0.121. The van der Waals surface area contributed by atoms with Gasteiger partial charge < -0.3 is 0 Å². The molecular weight excluding hydrogens is 244 g/mol. The highest BCUT2D eigenvalue weighted by molar-refractivity contribution is 5.81. The molecule has 1 nitrogen and oxygen atoms in total. The minimum Gasteiger partial charge on any atom is -0.300 e. The first-order valence-electron chi connectivity index (χ1n) is 7.35. The molecule has 1 saturated carbocycles. The zero-order valence-electron chi connectivity index (χ0n) is 11.9. The third-order valence-corrected chi connectivity index (χ3v) is 4.34. The number of Topliss-reactive ketones (excluding diaryl/α,β-unsaturated/α-hetero) is 1. The fraction of sp³-hybridized carbons (Fsp3) is 0.316. The fourth-order valence-corrected chi connectivity index (χ4v) is 3.21. The first-order chi connectivity index (χ1) is 9.72. The van der Waals surface area contributed by atoms with Gasteiger partial charge in [0, 0.05) is 12.8 Å². The first kappa shape index (κ1) is 13.1. The predicted molar refractivity (Wildman–Crippen MR) is 82.0 cm³/mol. The Hall–Kier alpha value is -1.89. The van der Waals surface area contributed by atoms with Gasteiger partial charge in [0.15, 0.2) is 0 Å². The lowest BCUT2D eigenvalue weighted by atomic mass is 9.74. The van der Waals surface area contributed by atoms with Gasteiger partial charge in [0.1, 0.15) is 5.78 Å². The molecule has 102 valence electrons. The average molecular weight is 264 g/mol. The van der Waals surface area contributed by atoms with Gasteiger partial charge in [-0.25, -0.2) is 0 Å². The van der Waals surface area contributed by atoms with Gasteiger partial charge in [-0.2, -0.15) is 0 Å². The van der Waals surface area contributed by atoms with Crippen molar-refractivity contribution in [1.29, 1.82) is 0 Å². The summed E-state index contributed by atoms with van der Waals surface area (Å²) in [6.45, 7) is 2.10. The normalized spacial score (nSPS) is 22.8. The second kappa shape index (κ2) is 5.62. The molecule has 0 aliphatic heterocycles. The van der Waals surface area contributed by atoms with Crippen LogP contribution in [0.2, 0.25) is 0 Å². The summed E-state index contributed by atoms with van der Waals surface area (Å²) in [7, 11) is 0. The van der Waals surface area contributed by atoms with Crippen molar-refractivity contribution < 1.29 is 4.79 Å². The highest BCUT2D eigenvalue weighted by atomic mass is 16.1. The van der Waals surface area contributed by atoms with E-state index in [1.807, 2.05) is 6.07 Å². The summed E-state index contributed by atoms with van der Waals surface area (Å²) in [5.74, 6) is 1.15. The summed E-state index contributed by atoms with van der Waals surface area (Å²) in [6, 6.07) is 19.1. The van der Waals surface area contributed by atoms with Gasteiger partial charge in [-0.1, -0.05) is 60.2 Å². The average Bonchev–Trinajstić information content (AvgIpc) is 2.48. The van der Waals surface area contributed by atoms with Crippen molar-refractivity contribution in [1.82, 2.24) is 0 Å². The van der Waals surface area contributed by atoms with Gasteiger partial charge in [0.05, 0.1) is 0 Å². The number of hydrogen-bond donors (Lipinski definition) is 0. The molecule has 0 heterocycles. The minimum absolute atomic E-state index is 0.377. The van der Waals surface area contributed by atoms with E-state index in [2.05, 4.69) is 55.5 Å². The molecule has 0 spiro atoms. The van der Waals surface area contributed by atoms with E-state index in [0.29, 0.717) is 30.5 Å². The van der Waals surface area contributed by atoms with Crippen LogP contribution < -0.4 is 0 Å². The molecule has 1 heteroatoms. The van der Waals surface area contributed by atoms with Crippen LogP contribution in [0, 0.1) is 6.92 Å². The van der Waals surface area contributed by atoms with Gasteiger partial charge in [-0.15, -0.1) is 0 Å². The summed E-state index contributed by atoms with van der Waals surface area (Å²) >= 11 is 0. The topological polar surface area (TPSA) is 17.1 Å². The van der Waals surface area contributed by atoms with E-state index in [1.54, 1.807) is 0 Å². The Balaban J connectivity index is 1.83. The Bertz CT molecular complexity index is 583. The number of ketones is 1. The zero-order chi connectivity index (χ0) is 13.9. The highest BCUT2D eigenvalue weighted by Gasteiger charge is 2.29. The molecule has 0 bridgehead atoms. The molecule has 2 atom stereocenters. The summed E-state index contributed by atoms with van der Waals surface area (Å²) < 4.78 is 0. The Morgan fingerprint density at radius 3 is 1.95 bits per heavy atom. The third-order valence-electron chi connectivity index (χ3n) is 4.34. The van der Waals surface area contributed by atoms with Crippen molar-refractivity contribution in [2.75, 3.05) is 0 Å². The molecule has 0 saturated heterocycles. The number of aryl methyl sites for hydroxylation is 1. The van der Waals surface area contributed by atoms with Gasteiger partial charge in [0.25, 0.3) is 0 Å². The number of rotatable bonds is 2. The van der Waals surface area contributed by atoms with Gasteiger partial charge in [-0.05, 0) is 36.3 Å². The van der Waals surface area contributed by atoms with Crippen molar-refractivity contribution in [3.8, 4) is 0 Å². The maximum absolute atomic E-state index is 12.1. The van der Waals surface area contributed by atoms with Crippen molar-refractivity contribution in [3.05, 3.63) is 71.3 Å². The van der Waals surface area contributed by atoms with E-state index in [1.165, 1.54) is 16.7 Å². The first-order valence-corrected chi connectivity index (χ1v) is 7.35. The van der Waals surface area contributed by atoms with Crippen LogP contribution in [0.1, 0.15) is 47.8 Å². The zero-order valence-corrected chi connectivity index (χ0v) is 11.9. The Morgan fingerprint density at radius 1 is 0.800 bits per heavy atom. The van der Waals surface area contributed by atoms with Crippen LogP contribution >= 0.6 is 0 Å². The monoisotopic (exact) mass is 264 g/mol. The molecule has 2 aromatic rings. The van der Waals surface area contributed by atoms with E-state index in [0.717, 1.165) is 6.42 Å². The molecule has 0 radical (unpaired) electrons. The number of benzene rings is 2. The van der Waals surface area contributed by atoms with E-state index in [4.69, 9.17) is 0 Å². The second-order valence-corrected chi connectivity index (χ2v) is 5.90. The number of hydrogen-bond acceptors (Lipinski definition) is 1. The molecule has 1 aliphatic carbocycles. The number of carbonyl (C=O) groups is 1. The molecule has 1 aliphatic rings. The Morgan fingerprint density at radius 2 is 1.35 bits per heavy atom. The van der Waals surface area contributed by atoms with Crippen molar-refractivity contribution in [2.45, 2.75) is 38.0 Å². The van der Waals surface area contributed by atoms with E-state index >= 15 is 0 Å². The minimum atomic E-state index is 0.377. The largest absolute Gasteiger partial charge is 0.300 e. The van der Waals surface area contributed by atoms with Crippen LogP contribution in [-0.2, 0) is 4.79 Å². The van der Waals surface area contributed by atoms with Crippen LogP contribution in [0.25, 0.3) is 0 Å². The van der Waals surface area contributed by atoms with Crippen LogP contribution in [0.4, 0.5) is 0 Å². The van der Waals surface area contributed by atoms with Gasteiger partial charge in [-0.3, -0.25) is 4.79 Å². The molecule has 0 aromatic heterocycles. The van der Waals surface area contributed by atoms with Crippen LogP contribution in [0.15, 0.2) is 54.6 Å². The van der Waals surface area contributed by atoms with E-state index in [9.17, 15) is 4.79 Å². The molecule has 0 unspecified atom stereocenters. The molecule has 2 aromatic carbocycles. The molecular formula is C19H20O. The summed E-state index contributed by atoms with van der Waals surface area (Å²) in [6.07, 6.45) is 2.48. The smallest absolute Gasteiger partial charge is 0.134 e. The van der Waals surface area contributed by atoms with Crippen LogP contribution in [0.5, 0.6) is 0 Å². The van der Waals surface area contributed by atoms with Crippen molar-refractivity contribution in [2.24, 2.45) is 0 Å². The maximum Gasteiger partial charge on any atom is 0.134 e. The van der Waals surface area contributed by atoms with Crippen molar-refractivity contribution in [3.63, 3.8) is 0 Å². The van der Waals surface area contributed by atoms with E-state index in [-0.39, 0.29) is 0 Å². The summed E-state index contributed by atoms with van der Waals surface area (Å²) in [5, 5.41) is 0. The Labute approximate surface area is 120 Å². The Kier molecular flexibility index (Phi) is 3.68. The molecule has 1 fully saturated rings. The molecule has 0 N–H and O–H groups in total. The van der Waals surface area contributed by atoms with Crippen molar-refractivity contribution >= 4 is 5.78 Å². The SMILES string of the molecule is Cc1ccc([C@H]2CC(=O)C[C@H](c3ccccc3)C2)cc1. The van der Waals surface area contributed by atoms with Crippen LogP contribution in [0.3, 0.4) is 0 Å². The molecule has 3 rings (SSSR count). The molecule has 20 heavy (non-hydrogen) atoms. The summed E-state index contributed by atoms with van der Waals surface area (Å²) in [4.78, 5) is 12.1. The lowest BCUT2D eigenvalue weighted by Gasteiger charge is -2.29. The molecule has 0 amide bonds. The third kappa shape index (κ3) is 2.82. The maximum atomic E-state index is 12.1. The van der Waals surface area contributed by atoms with Crippen LogP contribution in [-0.4, -0.2) is 5.78 Å². The second-order valence-electron chi connectivity index (χ2n) is 5.90. The predicted octanol–water partition coefficient (Wildman–Crippen LogP) is 4.62. The quantitative estimate of drug-likeness (QED) is 0.773. The fourth-order valence-electron chi connectivity index (χ4n) is 3.21. The van der Waals surface area contributed by atoms with Gasteiger partial charge in [0.2, 0.25) is 0 Å². The summed E-state index contributed by atoms with van der Waals surface area (Å²) in [5.41, 5.74) is 3.89. The highest BCUT2D eigenvalue weighted by Crippen LogP contribution is 2.39. The lowest BCUT2D eigenvalue weighted by Crippen LogP contribution is -2.20. The van der Waals surface area contributed by atoms with Gasteiger partial charge >= 0.3 is 0 Å². The number of carbonyl (C=O) groups excluding carboxylic acids is 1.